The van der Waals surface area contributed by atoms with Gasteiger partial charge in [-0.05, 0) is 26.7 Å². The molecule has 0 amide bonds. The molecule has 0 aromatic heterocycles. The summed E-state index contributed by atoms with van der Waals surface area (Å²) in [5.41, 5.74) is 1.41. The SMILES string of the molecule is CC/C(C)=C/C=C\C/C=C/C(C)=S. The third-order valence-electron chi connectivity index (χ3n) is 1.70. The van der Waals surface area contributed by atoms with Gasteiger partial charge >= 0.3 is 0 Å². The van der Waals surface area contributed by atoms with Crippen LogP contribution in [0.15, 0.2) is 36.0 Å². The fraction of sp³-hybridized carbons (Fsp3) is 0.417. The lowest BCUT2D eigenvalue weighted by Gasteiger charge is -1.88. The Hall–Kier alpha value is -0.690. The van der Waals surface area contributed by atoms with Gasteiger partial charge in [0.1, 0.15) is 0 Å². The van der Waals surface area contributed by atoms with E-state index in [1.54, 1.807) is 0 Å². The molecule has 1 heteroatoms. The highest BCUT2D eigenvalue weighted by atomic mass is 32.1. The van der Waals surface area contributed by atoms with Crippen molar-refractivity contribution in [3.63, 3.8) is 0 Å². The number of rotatable bonds is 5. The lowest BCUT2D eigenvalue weighted by Crippen LogP contribution is -1.73. The molecule has 0 saturated heterocycles. The zero-order valence-electron chi connectivity index (χ0n) is 8.71. The van der Waals surface area contributed by atoms with E-state index in [1.165, 1.54) is 5.57 Å². The zero-order chi connectivity index (χ0) is 10.1. The third kappa shape index (κ3) is 9.22. The Morgan fingerprint density at radius 3 is 2.46 bits per heavy atom. The Morgan fingerprint density at radius 1 is 1.23 bits per heavy atom. The van der Waals surface area contributed by atoms with E-state index in [0.717, 1.165) is 17.7 Å². The van der Waals surface area contributed by atoms with Crippen molar-refractivity contribution in [2.24, 2.45) is 0 Å². The molecule has 0 aliphatic heterocycles. The lowest BCUT2D eigenvalue weighted by molar-refractivity contribution is 1.10. The Labute approximate surface area is 87.0 Å². The fourth-order valence-corrected chi connectivity index (χ4v) is 0.838. The van der Waals surface area contributed by atoms with Gasteiger partial charge in [-0.15, -0.1) is 0 Å². The molecule has 0 aliphatic carbocycles. The largest absolute Gasteiger partial charge is 0.0852 e. The Bertz CT molecular complexity index is 232. The number of hydrogen-bond donors (Lipinski definition) is 0. The monoisotopic (exact) mass is 194 g/mol. The van der Waals surface area contributed by atoms with Crippen LogP contribution in [-0.4, -0.2) is 4.86 Å². The molecule has 0 aromatic carbocycles. The first-order valence-electron chi connectivity index (χ1n) is 4.66. The molecule has 0 bridgehead atoms. The van der Waals surface area contributed by atoms with Gasteiger partial charge in [0.15, 0.2) is 0 Å². The maximum Gasteiger partial charge on any atom is 0.0118 e. The van der Waals surface area contributed by atoms with E-state index in [0.29, 0.717) is 0 Å². The van der Waals surface area contributed by atoms with Crippen molar-refractivity contribution < 1.29 is 0 Å². The van der Waals surface area contributed by atoms with E-state index < -0.39 is 0 Å². The lowest BCUT2D eigenvalue weighted by atomic mass is 10.2. The van der Waals surface area contributed by atoms with Gasteiger partial charge in [-0.25, -0.2) is 0 Å². The average molecular weight is 194 g/mol. The molecule has 0 heterocycles. The van der Waals surface area contributed by atoms with Gasteiger partial charge < -0.3 is 0 Å². The highest BCUT2D eigenvalue weighted by Gasteiger charge is 1.78. The summed E-state index contributed by atoms with van der Waals surface area (Å²) >= 11 is 4.91. The summed E-state index contributed by atoms with van der Waals surface area (Å²) in [6.07, 6.45) is 12.5. The minimum atomic E-state index is 0.939. The summed E-state index contributed by atoms with van der Waals surface area (Å²) in [6, 6.07) is 0. The van der Waals surface area contributed by atoms with E-state index in [2.05, 4.69) is 38.2 Å². The van der Waals surface area contributed by atoms with Crippen molar-refractivity contribution in [1.29, 1.82) is 0 Å². The van der Waals surface area contributed by atoms with E-state index in [4.69, 9.17) is 12.2 Å². The molecule has 0 atom stereocenters. The van der Waals surface area contributed by atoms with Gasteiger partial charge in [-0.1, -0.05) is 55.1 Å². The van der Waals surface area contributed by atoms with Crippen LogP contribution >= 0.6 is 12.2 Å². The predicted molar refractivity (Wildman–Crippen MR) is 65.2 cm³/mol. The van der Waals surface area contributed by atoms with E-state index in [-0.39, 0.29) is 0 Å². The predicted octanol–water partition coefficient (Wildman–Crippen LogP) is 4.24. The van der Waals surface area contributed by atoms with Crippen LogP contribution in [0, 0.1) is 0 Å². The van der Waals surface area contributed by atoms with Crippen LogP contribution in [0.4, 0.5) is 0 Å². The molecule has 0 nitrogen and oxygen atoms in total. The maximum absolute atomic E-state index is 4.91. The summed E-state index contributed by atoms with van der Waals surface area (Å²) in [5.74, 6) is 0. The minimum absolute atomic E-state index is 0.939. The zero-order valence-corrected chi connectivity index (χ0v) is 9.53. The van der Waals surface area contributed by atoms with Crippen LogP contribution in [0.3, 0.4) is 0 Å². The number of thiocarbonyl (C=S) groups is 1. The first-order chi connectivity index (χ1) is 6.16. The van der Waals surface area contributed by atoms with Crippen molar-refractivity contribution in [2.75, 3.05) is 0 Å². The van der Waals surface area contributed by atoms with Gasteiger partial charge in [0.25, 0.3) is 0 Å². The van der Waals surface area contributed by atoms with Gasteiger partial charge in [0, 0.05) is 4.86 Å². The summed E-state index contributed by atoms with van der Waals surface area (Å²) in [5, 5.41) is 0. The van der Waals surface area contributed by atoms with Crippen molar-refractivity contribution in [3.05, 3.63) is 36.0 Å². The fourth-order valence-electron chi connectivity index (χ4n) is 0.741. The van der Waals surface area contributed by atoms with Crippen molar-refractivity contribution in [2.45, 2.75) is 33.6 Å². The van der Waals surface area contributed by atoms with Crippen molar-refractivity contribution >= 4 is 17.1 Å². The second kappa shape index (κ2) is 7.93. The summed E-state index contributed by atoms with van der Waals surface area (Å²) in [4.78, 5) is 0.939. The molecule has 0 aromatic rings. The number of hydrogen-bond acceptors (Lipinski definition) is 1. The molecule has 0 saturated carbocycles. The first-order valence-corrected chi connectivity index (χ1v) is 5.07. The van der Waals surface area contributed by atoms with E-state index in [9.17, 15) is 0 Å². The summed E-state index contributed by atoms with van der Waals surface area (Å²) in [6.45, 7) is 6.23. The second-order valence-electron chi connectivity index (χ2n) is 3.04. The van der Waals surface area contributed by atoms with Gasteiger partial charge in [0.05, 0.1) is 0 Å². The van der Waals surface area contributed by atoms with Gasteiger partial charge in [-0.2, -0.15) is 0 Å². The molecule has 0 unspecified atom stereocenters. The van der Waals surface area contributed by atoms with Crippen molar-refractivity contribution in [1.82, 2.24) is 0 Å². The van der Waals surface area contributed by atoms with Crippen LogP contribution in [0.1, 0.15) is 33.6 Å². The Morgan fingerprint density at radius 2 is 1.92 bits per heavy atom. The molecule has 0 radical (unpaired) electrons. The van der Waals surface area contributed by atoms with Crippen molar-refractivity contribution in [3.8, 4) is 0 Å². The van der Waals surface area contributed by atoms with Gasteiger partial charge in [-0.3, -0.25) is 0 Å². The van der Waals surface area contributed by atoms with Gasteiger partial charge in [0.2, 0.25) is 0 Å². The smallest absolute Gasteiger partial charge is 0.0118 e. The quantitative estimate of drug-likeness (QED) is 0.358. The molecule has 13 heavy (non-hydrogen) atoms. The van der Waals surface area contributed by atoms with Crippen LogP contribution in [-0.2, 0) is 0 Å². The normalized spacial score (nSPS) is 13.0. The average Bonchev–Trinajstić information content (AvgIpc) is 2.10. The molecule has 72 valence electrons. The highest BCUT2D eigenvalue weighted by Crippen LogP contribution is 1.98. The summed E-state index contributed by atoms with van der Waals surface area (Å²) < 4.78 is 0. The molecule has 0 rings (SSSR count). The van der Waals surface area contributed by atoms with Crippen LogP contribution in [0.25, 0.3) is 0 Å². The third-order valence-corrected chi connectivity index (χ3v) is 1.84. The first kappa shape index (κ1) is 12.3. The number of allylic oxidation sites excluding steroid dienone is 6. The van der Waals surface area contributed by atoms with E-state index >= 15 is 0 Å². The Kier molecular flexibility index (Phi) is 7.51. The Balaban J connectivity index is 3.70. The molecule has 0 aliphatic rings. The summed E-state index contributed by atoms with van der Waals surface area (Å²) in [7, 11) is 0. The molecular formula is C12H18S. The van der Waals surface area contributed by atoms with Crippen LogP contribution < -0.4 is 0 Å². The second-order valence-corrected chi connectivity index (χ2v) is 3.69. The minimum Gasteiger partial charge on any atom is -0.0852 e. The van der Waals surface area contributed by atoms with Crippen LogP contribution in [0.5, 0.6) is 0 Å². The molecule has 0 spiro atoms. The van der Waals surface area contributed by atoms with E-state index in [1.807, 2.05) is 13.0 Å². The molecular weight excluding hydrogens is 176 g/mol. The topological polar surface area (TPSA) is 0 Å². The van der Waals surface area contributed by atoms with Crippen LogP contribution in [0.2, 0.25) is 0 Å². The molecule has 0 fully saturated rings. The molecule has 0 N–H and O–H groups in total. The standard InChI is InChI=1S/C12H18S/c1-4-11(2)9-7-5-6-8-10-12(3)13/h5,7-10H,4,6H2,1-3H3/b7-5-,10-8+,11-9+. The maximum atomic E-state index is 4.91. The highest BCUT2D eigenvalue weighted by molar-refractivity contribution is 7.80.